The molecule has 0 aromatic carbocycles. The largest absolute Gasteiger partial charge is 0.251 e. The zero-order chi connectivity index (χ0) is 4.83. The van der Waals surface area contributed by atoms with Crippen molar-refractivity contribution < 1.29 is 4.39 Å². The molecule has 0 aliphatic carbocycles. The Balaban J connectivity index is 2.34. The molecule has 0 rings (SSSR count). The van der Waals surface area contributed by atoms with Crippen molar-refractivity contribution in [1.29, 1.82) is 0 Å². The van der Waals surface area contributed by atoms with E-state index in [1.54, 1.807) is 0 Å². The van der Waals surface area contributed by atoms with Gasteiger partial charge in [0.25, 0.3) is 0 Å². The SMILES string of the molecule is CPCCCF. The van der Waals surface area contributed by atoms with Crippen LogP contribution in [-0.2, 0) is 0 Å². The third-order valence-electron chi connectivity index (χ3n) is 0.560. The van der Waals surface area contributed by atoms with Crippen LogP contribution in [0.1, 0.15) is 6.42 Å². The first-order valence-corrected chi connectivity index (χ1v) is 3.83. The van der Waals surface area contributed by atoms with Crippen LogP contribution in [0.5, 0.6) is 0 Å². The summed E-state index contributed by atoms with van der Waals surface area (Å²) in [5, 5.41) is 0. The fourth-order valence-corrected chi connectivity index (χ4v) is 0.731. The summed E-state index contributed by atoms with van der Waals surface area (Å²) in [7, 11) is 0.925. The Morgan fingerprint density at radius 1 is 1.67 bits per heavy atom. The summed E-state index contributed by atoms with van der Waals surface area (Å²) in [6.07, 6.45) is 1.82. The lowest BCUT2D eigenvalue weighted by atomic mass is 10.6. The standard InChI is InChI=1S/C4H10FP/c1-6-4-2-3-5/h6H,2-4H2,1H3. The Bertz CT molecular complexity index is 19.5. The second-order valence-electron chi connectivity index (χ2n) is 1.15. The van der Waals surface area contributed by atoms with Crippen LogP contribution in [-0.4, -0.2) is 19.5 Å². The maximum atomic E-state index is 11.2. The van der Waals surface area contributed by atoms with Gasteiger partial charge in [-0.3, -0.25) is 4.39 Å². The van der Waals surface area contributed by atoms with Crippen molar-refractivity contribution in [2.75, 3.05) is 19.5 Å². The molecule has 0 aliphatic rings. The van der Waals surface area contributed by atoms with Gasteiger partial charge in [0.15, 0.2) is 0 Å². The van der Waals surface area contributed by atoms with E-state index in [9.17, 15) is 4.39 Å². The van der Waals surface area contributed by atoms with E-state index in [1.807, 2.05) is 0 Å². The minimum absolute atomic E-state index is 0.138. The van der Waals surface area contributed by atoms with E-state index in [1.165, 1.54) is 0 Å². The lowest BCUT2D eigenvalue weighted by molar-refractivity contribution is 0.489. The van der Waals surface area contributed by atoms with Gasteiger partial charge in [0.05, 0.1) is 6.67 Å². The molecule has 0 aromatic rings. The summed E-state index contributed by atoms with van der Waals surface area (Å²) in [5.74, 6) is 0. The summed E-state index contributed by atoms with van der Waals surface area (Å²) < 4.78 is 11.2. The third-order valence-corrected chi connectivity index (χ3v) is 1.41. The summed E-state index contributed by atoms with van der Waals surface area (Å²) in [6.45, 7) is 1.95. The van der Waals surface area contributed by atoms with E-state index in [4.69, 9.17) is 0 Å². The average Bonchev–Trinajstić information content (AvgIpc) is 1.61. The van der Waals surface area contributed by atoms with E-state index in [2.05, 4.69) is 6.66 Å². The van der Waals surface area contributed by atoms with Crippen LogP contribution in [0.25, 0.3) is 0 Å². The van der Waals surface area contributed by atoms with Crippen LogP contribution in [0.15, 0.2) is 0 Å². The smallest absolute Gasteiger partial charge is 0.0897 e. The summed E-state index contributed by atoms with van der Waals surface area (Å²) in [6, 6.07) is 0. The number of hydrogen-bond acceptors (Lipinski definition) is 0. The Kier molecular flexibility index (Phi) is 5.68. The molecule has 0 heterocycles. The minimum Gasteiger partial charge on any atom is -0.251 e. The number of rotatable bonds is 3. The summed E-state index contributed by atoms with van der Waals surface area (Å²) >= 11 is 0. The Hall–Kier alpha value is 0.360. The molecule has 38 valence electrons. The molecule has 0 aliphatic heterocycles. The molecule has 1 unspecified atom stereocenters. The zero-order valence-corrected chi connectivity index (χ0v) is 5.00. The number of alkyl halides is 1. The van der Waals surface area contributed by atoms with Gasteiger partial charge in [0.1, 0.15) is 0 Å². The van der Waals surface area contributed by atoms with Crippen molar-refractivity contribution in [3.63, 3.8) is 0 Å². The van der Waals surface area contributed by atoms with Gasteiger partial charge in [0.2, 0.25) is 0 Å². The van der Waals surface area contributed by atoms with Gasteiger partial charge in [-0.25, -0.2) is 0 Å². The highest BCUT2D eigenvalue weighted by Crippen LogP contribution is 2.02. The number of hydrogen-bond donors (Lipinski definition) is 0. The fraction of sp³-hybridized carbons (Fsp3) is 1.00. The maximum Gasteiger partial charge on any atom is 0.0897 e. The molecule has 0 N–H and O–H groups in total. The van der Waals surface area contributed by atoms with E-state index in [0.717, 1.165) is 21.2 Å². The van der Waals surface area contributed by atoms with Crippen molar-refractivity contribution in [3.05, 3.63) is 0 Å². The van der Waals surface area contributed by atoms with Gasteiger partial charge in [-0.2, -0.15) is 0 Å². The Labute approximate surface area is 39.9 Å². The van der Waals surface area contributed by atoms with Gasteiger partial charge < -0.3 is 0 Å². The van der Waals surface area contributed by atoms with Crippen molar-refractivity contribution >= 4 is 8.58 Å². The van der Waals surface area contributed by atoms with Crippen molar-refractivity contribution in [2.45, 2.75) is 6.42 Å². The minimum atomic E-state index is -0.138. The normalized spacial score (nSPS) is 11.0. The molecule has 0 amide bonds. The number of halogens is 1. The predicted molar refractivity (Wildman–Crippen MR) is 29.7 cm³/mol. The highest BCUT2D eigenvalue weighted by molar-refractivity contribution is 7.36. The molecule has 0 nitrogen and oxygen atoms in total. The molecule has 0 saturated heterocycles. The monoisotopic (exact) mass is 108 g/mol. The molecule has 0 spiro atoms. The molecule has 6 heavy (non-hydrogen) atoms. The lowest BCUT2D eigenvalue weighted by Crippen LogP contribution is -1.75. The molecule has 0 saturated carbocycles. The first-order chi connectivity index (χ1) is 2.91. The summed E-state index contributed by atoms with van der Waals surface area (Å²) in [5.41, 5.74) is 0. The third kappa shape index (κ3) is 4.36. The fourth-order valence-electron chi connectivity index (χ4n) is 0.244. The van der Waals surface area contributed by atoms with E-state index < -0.39 is 0 Å². The second-order valence-corrected chi connectivity index (χ2v) is 2.35. The second kappa shape index (κ2) is 5.36. The van der Waals surface area contributed by atoms with Crippen molar-refractivity contribution in [2.24, 2.45) is 0 Å². The molecular formula is C4H10FP. The topological polar surface area (TPSA) is 0 Å². The average molecular weight is 108 g/mol. The van der Waals surface area contributed by atoms with Gasteiger partial charge in [-0.05, 0) is 19.2 Å². The first-order valence-electron chi connectivity index (χ1n) is 2.12. The first kappa shape index (κ1) is 6.36. The van der Waals surface area contributed by atoms with E-state index in [-0.39, 0.29) is 6.67 Å². The molecule has 0 fully saturated rings. The Morgan fingerprint density at radius 2 is 2.33 bits per heavy atom. The highest BCUT2D eigenvalue weighted by atomic mass is 31.1. The van der Waals surface area contributed by atoms with Gasteiger partial charge in [-0.1, -0.05) is 0 Å². The Morgan fingerprint density at radius 3 is 2.50 bits per heavy atom. The van der Waals surface area contributed by atoms with Gasteiger partial charge in [-0.15, -0.1) is 8.58 Å². The quantitative estimate of drug-likeness (QED) is 0.381. The molecule has 2 heteroatoms. The maximum absolute atomic E-state index is 11.2. The van der Waals surface area contributed by atoms with E-state index in [0.29, 0.717) is 0 Å². The van der Waals surface area contributed by atoms with Crippen LogP contribution >= 0.6 is 8.58 Å². The zero-order valence-electron chi connectivity index (χ0n) is 4.00. The van der Waals surface area contributed by atoms with Crippen molar-refractivity contribution in [3.8, 4) is 0 Å². The lowest BCUT2D eigenvalue weighted by Gasteiger charge is -1.84. The van der Waals surface area contributed by atoms with Gasteiger partial charge in [0, 0.05) is 0 Å². The van der Waals surface area contributed by atoms with Crippen LogP contribution in [0.4, 0.5) is 4.39 Å². The van der Waals surface area contributed by atoms with E-state index >= 15 is 0 Å². The predicted octanol–water partition coefficient (Wildman–Crippen LogP) is 1.65. The molecule has 0 bridgehead atoms. The van der Waals surface area contributed by atoms with Crippen molar-refractivity contribution in [1.82, 2.24) is 0 Å². The van der Waals surface area contributed by atoms with Crippen LogP contribution < -0.4 is 0 Å². The highest BCUT2D eigenvalue weighted by Gasteiger charge is 1.77. The summed E-state index contributed by atoms with van der Waals surface area (Å²) in [4.78, 5) is 0. The van der Waals surface area contributed by atoms with Gasteiger partial charge >= 0.3 is 0 Å². The van der Waals surface area contributed by atoms with Crippen LogP contribution in [0, 0.1) is 0 Å². The molecule has 1 atom stereocenters. The molecular weight excluding hydrogens is 98.0 g/mol. The van der Waals surface area contributed by atoms with Crippen LogP contribution in [0.2, 0.25) is 0 Å². The molecule has 0 radical (unpaired) electrons. The molecule has 0 aromatic heterocycles. The van der Waals surface area contributed by atoms with Crippen LogP contribution in [0.3, 0.4) is 0 Å².